The van der Waals surface area contributed by atoms with Gasteiger partial charge in [0.15, 0.2) is 5.82 Å². The van der Waals surface area contributed by atoms with Gasteiger partial charge in [-0.2, -0.15) is 9.97 Å². The highest BCUT2D eigenvalue weighted by molar-refractivity contribution is 5.97. The smallest absolute Gasteiger partial charge is 0.319 e. The van der Waals surface area contributed by atoms with Crippen LogP contribution in [-0.4, -0.2) is 83.0 Å². The fraction of sp³-hybridized carbons (Fsp3) is 0.552. The normalized spacial score (nSPS) is 28.9. The summed E-state index contributed by atoms with van der Waals surface area (Å²) in [4.78, 5) is 18.6. The van der Waals surface area contributed by atoms with Gasteiger partial charge in [-0.15, -0.1) is 0 Å². The van der Waals surface area contributed by atoms with Gasteiger partial charge in [-0.05, 0) is 62.4 Å². The van der Waals surface area contributed by atoms with E-state index in [1.165, 1.54) is 0 Å². The molecular weight excluding hydrogens is 516 g/mol. The number of rotatable bonds is 4. The molecule has 2 aromatic heterocycles. The molecule has 5 aliphatic rings. The summed E-state index contributed by atoms with van der Waals surface area (Å²) in [5, 5.41) is 3.89. The highest BCUT2D eigenvalue weighted by Crippen LogP contribution is 2.45. The second-order valence-corrected chi connectivity index (χ2v) is 12.0. The summed E-state index contributed by atoms with van der Waals surface area (Å²) in [5.74, 6) is 0.351. The first-order valence-corrected chi connectivity index (χ1v) is 14.4. The summed E-state index contributed by atoms with van der Waals surface area (Å²) in [5.41, 5.74) is 9.58. The van der Waals surface area contributed by atoms with Crippen LogP contribution in [0.4, 0.5) is 20.3 Å². The molecule has 0 unspecified atom stereocenters. The number of aryl methyl sites for hydroxylation is 1. The number of hydrogen-bond donors (Lipinski definition) is 2. The Balaban J connectivity index is 1.29. The largest absolute Gasteiger partial charge is 0.472 e. The first-order valence-electron chi connectivity index (χ1n) is 14.4. The average molecular weight is 550 g/mol. The van der Waals surface area contributed by atoms with E-state index in [0.29, 0.717) is 54.4 Å². The zero-order valence-corrected chi connectivity index (χ0v) is 22.6. The van der Waals surface area contributed by atoms with Gasteiger partial charge in [-0.1, -0.05) is 0 Å². The van der Waals surface area contributed by atoms with E-state index in [-0.39, 0.29) is 41.5 Å². The van der Waals surface area contributed by atoms with Crippen molar-refractivity contribution in [1.82, 2.24) is 25.2 Å². The van der Waals surface area contributed by atoms with Gasteiger partial charge >= 0.3 is 6.01 Å². The Morgan fingerprint density at radius 3 is 2.98 bits per heavy atom. The van der Waals surface area contributed by atoms with Crippen LogP contribution in [0.3, 0.4) is 0 Å². The number of piperazine rings is 1. The number of nitrogens with two attached hydrogens (primary N) is 1. The van der Waals surface area contributed by atoms with Crippen molar-refractivity contribution in [2.45, 2.75) is 62.9 Å². The van der Waals surface area contributed by atoms with Crippen LogP contribution in [-0.2, 0) is 12.8 Å². The number of alkyl halides is 1. The monoisotopic (exact) mass is 549 g/mol. The summed E-state index contributed by atoms with van der Waals surface area (Å²) < 4.78 is 43.7. The van der Waals surface area contributed by atoms with E-state index >= 15 is 4.39 Å². The van der Waals surface area contributed by atoms with Crippen LogP contribution in [0.25, 0.3) is 22.2 Å². The molecule has 9 nitrogen and oxygen atoms in total. The van der Waals surface area contributed by atoms with Crippen molar-refractivity contribution < 1.29 is 18.3 Å². The van der Waals surface area contributed by atoms with Crippen molar-refractivity contribution in [3.63, 3.8) is 0 Å². The maximum atomic E-state index is 16.6. The van der Waals surface area contributed by atoms with Crippen LogP contribution in [0.2, 0.25) is 0 Å². The maximum absolute atomic E-state index is 16.6. The van der Waals surface area contributed by atoms with Crippen molar-refractivity contribution in [2.75, 3.05) is 50.0 Å². The molecule has 6 heterocycles. The second kappa shape index (κ2) is 8.84. The number of ether oxygens (including phenoxy) is 2. The number of nitrogens with one attached hydrogen (secondary N) is 1. The van der Waals surface area contributed by atoms with Crippen molar-refractivity contribution in [3.8, 4) is 23.1 Å². The van der Waals surface area contributed by atoms with E-state index in [1.54, 1.807) is 6.07 Å². The molecule has 4 atom stereocenters. The second-order valence-electron chi connectivity index (χ2n) is 12.0. The summed E-state index contributed by atoms with van der Waals surface area (Å²) in [7, 11) is 0. The van der Waals surface area contributed by atoms with Gasteiger partial charge in [0.25, 0.3) is 0 Å². The van der Waals surface area contributed by atoms with Crippen LogP contribution in [0.5, 0.6) is 11.9 Å². The fourth-order valence-electron chi connectivity index (χ4n) is 7.52. The number of pyridine rings is 1. The van der Waals surface area contributed by atoms with Gasteiger partial charge in [0, 0.05) is 43.9 Å². The lowest BCUT2D eigenvalue weighted by Crippen LogP contribution is -2.56. The minimum atomic E-state index is -0.865. The number of aromatic nitrogens is 3. The molecule has 1 aromatic carbocycles. The predicted molar refractivity (Wildman–Crippen MR) is 147 cm³/mol. The number of anilines is 2. The van der Waals surface area contributed by atoms with E-state index in [4.69, 9.17) is 25.2 Å². The molecule has 3 saturated heterocycles. The zero-order chi connectivity index (χ0) is 27.2. The molecule has 4 aliphatic heterocycles. The van der Waals surface area contributed by atoms with E-state index in [9.17, 15) is 4.39 Å². The maximum Gasteiger partial charge on any atom is 0.319 e. The Bertz CT molecular complexity index is 1540. The van der Waals surface area contributed by atoms with Crippen molar-refractivity contribution in [2.24, 2.45) is 0 Å². The van der Waals surface area contributed by atoms with E-state index in [1.807, 2.05) is 13.0 Å². The summed E-state index contributed by atoms with van der Waals surface area (Å²) in [6.45, 7) is 5.71. The lowest BCUT2D eigenvalue weighted by molar-refractivity contribution is 0.107. The molecular formula is C29H33F2N7O2. The molecule has 210 valence electrons. The van der Waals surface area contributed by atoms with Crippen molar-refractivity contribution >= 4 is 22.4 Å². The summed E-state index contributed by atoms with van der Waals surface area (Å²) in [6.07, 6.45) is 2.98. The number of hydrogen-bond acceptors (Lipinski definition) is 9. The van der Waals surface area contributed by atoms with Crippen molar-refractivity contribution in [1.29, 1.82) is 0 Å². The standard InChI is InChI=1S/C29H33F2N7O2/c1-15-21-12-33-6-8-38(21)26-22-25(35-28(36-26)39-14-29-5-2-7-37(29)13-17(30)11-29)23(31)24(34-27(22)40-15)20-10-18(32)9-16-3-4-19(16)20/h9-10,15,17,21,33H,2-8,11-14,32H2,1H3/t15-,17+,21-,29-/m0/s1. The highest BCUT2D eigenvalue weighted by atomic mass is 19.1. The van der Waals surface area contributed by atoms with Crippen LogP contribution < -0.4 is 25.4 Å². The van der Waals surface area contributed by atoms with Crippen LogP contribution >= 0.6 is 0 Å². The molecule has 0 spiro atoms. The minimum absolute atomic E-state index is 0.0279. The van der Waals surface area contributed by atoms with Crippen molar-refractivity contribution in [3.05, 3.63) is 29.1 Å². The number of benzene rings is 1. The molecule has 3 N–H and O–H groups in total. The van der Waals surface area contributed by atoms with Gasteiger partial charge in [-0.3, -0.25) is 4.90 Å². The zero-order valence-electron chi connectivity index (χ0n) is 22.6. The predicted octanol–water partition coefficient (Wildman–Crippen LogP) is 3.03. The summed E-state index contributed by atoms with van der Waals surface area (Å²) in [6, 6.07) is 3.80. The minimum Gasteiger partial charge on any atom is -0.472 e. The Kier molecular flexibility index (Phi) is 5.41. The highest BCUT2D eigenvalue weighted by Gasteiger charge is 2.49. The number of nitrogens with zero attached hydrogens (tertiary/aromatic N) is 5. The lowest BCUT2D eigenvalue weighted by Gasteiger charge is -2.38. The SMILES string of the molecule is C[C@@H]1Oc2nc(-c3cc(N)cc4c3CC4)c(F)c3nc(OC[C@@]45CCCN4C[C@H](F)C5)nc(c23)N2CCNC[C@@H]12. The molecule has 0 amide bonds. The first-order chi connectivity index (χ1) is 19.4. The van der Waals surface area contributed by atoms with Crippen LogP contribution in [0.1, 0.15) is 37.3 Å². The lowest BCUT2D eigenvalue weighted by atomic mass is 9.83. The van der Waals surface area contributed by atoms with Crippen LogP contribution in [0, 0.1) is 5.82 Å². The van der Waals surface area contributed by atoms with E-state index in [0.717, 1.165) is 49.9 Å². The van der Waals surface area contributed by atoms with Gasteiger partial charge in [0.2, 0.25) is 5.88 Å². The van der Waals surface area contributed by atoms with Gasteiger partial charge in [0.1, 0.15) is 41.3 Å². The number of nitrogen functional groups attached to an aromatic ring is 1. The molecule has 11 heteroatoms. The number of halogens is 2. The number of fused-ring (bicyclic) bond motifs is 4. The Morgan fingerprint density at radius 2 is 2.12 bits per heavy atom. The quantitative estimate of drug-likeness (QED) is 0.476. The van der Waals surface area contributed by atoms with E-state index < -0.39 is 12.0 Å². The molecule has 8 rings (SSSR count). The van der Waals surface area contributed by atoms with Gasteiger partial charge in [0.05, 0.1) is 11.6 Å². The molecule has 0 radical (unpaired) electrons. The molecule has 40 heavy (non-hydrogen) atoms. The van der Waals surface area contributed by atoms with Gasteiger partial charge < -0.3 is 25.4 Å². The third-order valence-corrected chi connectivity index (χ3v) is 9.60. The molecule has 1 aliphatic carbocycles. The van der Waals surface area contributed by atoms with E-state index in [2.05, 4.69) is 20.1 Å². The fourth-order valence-corrected chi connectivity index (χ4v) is 7.52. The Labute approximate surface area is 231 Å². The Hall–Kier alpha value is -3.31. The Morgan fingerprint density at radius 1 is 1.23 bits per heavy atom. The first kappa shape index (κ1) is 24.5. The average Bonchev–Trinajstić information content (AvgIpc) is 3.42. The molecule has 0 saturated carbocycles. The third-order valence-electron chi connectivity index (χ3n) is 9.60. The van der Waals surface area contributed by atoms with Crippen LogP contribution in [0.15, 0.2) is 12.1 Å². The summed E-state index contributed by atoms with van der Waals surface area (Å²) >= 11 is 0. The topological polar surface area (TPSA) is 102 Å². The molecule has 3 aromatic rings. The third kappa shape index (κ3) is 3.59. The van der Waals surface area contributed by atoms with Gasteiger partial charge in [-0.25, -0.2) is 13.8 Å². The molecule has 3 fully saturated rings. The molecule has 0 bridgehead atoms.